The Morgan fingerprint density at radius 3 is 2.89 bits per heavy atom. The number of nitrogens with zero attached hydrogens (tertiary/aromatic N) is 2. The summed E-state index contributed by atoms with van der Waals surface area (Å²) in [5.41, 5.74) is 5.63. The first-order chi connectivity index (χ1) is 8.69. The van der Waals surface area contributed by atoms with Gasteiger partial charge in [0.1, 0.15) is 5.82 Å². The van der Waals surface area contributed by atoms with Gasteiger partial charge >= 0.3 is 0 Å². The molecule has 1 aromatic rings. The van der Waals surface area contributed by atoms with Crippen LogP contribution in [0.25, 0.3) is 0 Å². The average molecular weight is 250 g/mol. The third-order valence-corrected chi connectivity index (χ3v) is 3.76. The predicted octanol–water partition coefficient (Wildman–Crippen LogP) is 2.31. The Morgan fingerprint density at radius 1 is 1.39 bits per heavy atom. The zero-order valence-electron chi connectivity index (χ0n) is 11.1. The maximum absolute atomic E-state index is 5.63. The van der Waals surface area contributed by atoms with E-state index >= 15 is 0 Å². The first kappa shape index (κ1) is 12.9. The fourth-order valence-corrected chi connectivity index (χ4v) is 2.57. The van der Waals surface area contributed by atoms with Crippen molar-refractivity contribution in [3.63, 3.8) is 0 Å². The summed E-state index contributed by atoms with van der Waals surface area (Å²) in [6, 6.07) is 1.78. The number of nitrogens with one attached hydrogen (secondary N) is 1. The summed E-state index contributed by atoms with van der Waals surface area (Å²) in [5, 5.41) is 3.35. The molecule has 1 saturated carbocycles. The van der Waals surface area contributed by atoms with Gasteiger partial charge in [-0.1, -0.05) is 26.2 Å². The zero-order valence-corrected chi connectivity index (χ0v) is 11.1. The van der Waals surface area contributed by atoms with Crippen LogP contribution in [0.2, 0.25) is 0 Å². The Bertz CT molecular complexity index is 397. The number of nitrogens with two attached hydrogens (primary N) is 1. The minimum absolute atomic E-state index is 0.244. The van der Waals surface area contributed by atoms with Crippen LogP contribution in [0.5, 0.6) is 5.88 Å². The molecule has 2 atom stereocenters. The molecule has 1 aliphatic carbocycles. The summed E-state index contributed by atoms with van der Waals surface area (Å²) in [6.07, 6.45) is 5.34. The molecule has 1 aromatic heterocycles. The van der Waals surface area contributed by atoms with E-state index in [-0.39, 0.29) is 5.95 Å². The number of anilines is 2. The monoisotopic (exact) mass is 250 g/mol. The van der Waals surface area contributed by atoms with E-state index in [1.165, 1.54) is 25.7 Å². The number of aromatic nitrogens is 2. The zero-order chi connectivity index (χ0) is 13.0. The van der Waals surface area contributed by atoms with Crippen molar-refractivity contribution in [3.05, 3.63) is 6.07 Å². The summed E-state index contributed by atoms with van der Waals surface area (Å²) >= 11 is 0. The first-order valence-electron chi connectivity index (χ1n) is 6.61. The fourth-order valence-electron chi connectivity index (χ4n) is 2.57. The summed E-state index contributed by atoms with van der Waals surface area (Å²) in [6.45, 7) is 3.28. The molecule has 0 radical (unpaired) electrons. The molecule has 0 spiro atoms. The van der Waals surface area contributed by atoms with Gasteiger partial charge in [-0.15, -0.1) is 0 Å². The average Bonchev–Trinajstić information content (AvgIpc) is 2.37. The molecule has 5 nitrogen and oxygen atoms in total. The minimum Gasteiger partial charge on any atom is -0.481 e. The molecule has 2 unspecified atom stereocenters. The third-order valence-electron chi connectivity index (χ3n) is 3.76. The van der Waals surface area contributed by atoms with E-state index in [9.17, 15) is 0 Å². The fraction of sp³-hybridized carbons (Fsp3) is 0.692. The van der Waals surface area contributed by atoms with E-state index in [0.29, 0.717) is 5.88 Å². The van der Waals surface area contributed by atoms with E-state index in [1.54, 1.807) is 13.2 Å². The minimum atomic E-state index is 0.244. The number of hydrogen-bond donors (Lipinski definition) is 2. The van der Waals surface area contributed by atoms with Gasteiger partial charge in [0.2, 0.25) is 11.8 Å². The van der Waals surface area contributed by atoms with Crippen molar-refractivity contribution < 1.29 is 4.74 Å². The van der Waals surface area contributed by atoms with Crippen molar-refractivity contribution in [3.8, 4) is 5.88 Å². The third kappa shape index (κ3) is 3.24. The molecule has 100 valence electrons. The number of hydrogen-bond acceptors (Lipinski definition) is 5. The molecule has 0 aliphatic heterocycles. The Labute approximate surface area is 108 Å². The normalized spacial score (nSPS) is 23.7. The number of ether oxygens (including phenoxy) is 1. The van der Waals surface area contributed by atoms with Crippen LogP contribution in [0.3, 0.4) is 0 Å². The van der Waals surface area contributed by atoms with Crippen molar-refractivity contribution in [2.24, 2.45) is 11.8 Å². The van der Waals surface area contributed by atoms with Crippen LogP contribution in [-0.4, -0.2) is 23.6 Å². The highest BCUT2D eigenvalue weighted by Crippen LogP contribution is 2.29. The lowest BCUT2D eigenvalue weighted by Crippen LogP contribution is -2.24. The Hall–Kier alpha value is -1.52. The second-order valence-corrected chi connectivity index (χ2v) is 5.06. The SMILES string of the molecule is COc1cc(NCC2CCCCC2C)nc(N)n1. The summed E-state index contributed by atoms with van der Waals surface area (Å²) in [4.78, 5) is 8.13. The van der Waals surface area contributed by atoms with Gasteiger partial charge in [-0.2, -0.15) is 9.97 Å². The maximum Gasteiger partial charge on any atom is 0.225 e. The van der Waals surface area contributed by atoms with Gasteiger partial charge in [-0.25, -0.2) is 0 Å². The molecule has 0 saturated heterocycles. The van der Waals surface area contributed by atoms with Crippen LogP contribution in [0.15, 0.2) is 6.07 Å². The molecular weight excluding hydrogens is 228 g/mol. The number of rotatable bonds is 4. The van der Waals surface area contributed by atoms with Crippen LogP contribution in [0, 0.1) is 11.8 Å². The highest BCUT2D eigenvalue weighted by molar-refractivity contribution is 5.42. The van der Waals surface area contributed by atoms with E-state index < -0.39 is 0 Å². The first-order valence-corrected chi connectivity index (χ1v) is 6.61. The van der Waals surface area contributed by atoms with Crippen LogP contribution in [0.1, 0.15) is 32.6 Å². The van der Waals surface area contributed by atoms with Crippen LogP contribution in [-0.2, 0) is 0 Å². The van der Waals surface area contributed by atoms with Gasteiger partial charge in [0, 0.05) is 12.6 Å². The van der Waals surface area contributed by atoms with Crippen LogP contribution >= 0.6 is 0 Å². The predicted molar refractivity (Wildman–Crippen MR) is 72.6 cm³/mol. The summed E-state index contributed by atoms with van der Waals surface area (Å²) in [5.74, 6) is 3.00. The Balaban J connectivity index is 1.94. The van der Waals surface area contributed by atoms with Crippen molar-refractivity contribution in [2.45, 2.75) is 32.6 Å². The van der Waals surface area contributed by atoms with Crippen LogP contribution in [0.4, 0.5) is 11.8 Å². The van der Waals surface area contributed by atoms with Crippen molar-refractivity contribution in [1.82, 2.24) is 9.97 Å². The van der Waals surface area contributed by atoms with Crippen molar-refractivity contribution >= 4 is 11.8 Å². The molecule has 1 aliphatic rings. The van der Waals surface area contributed by atoms with Crippen molar-refractivity contribution in [2.75, 3.05) is 24.7 Å². The van der Waals surface area contributed by atoms with Gasteiger partial charge < -0.3 is 15.8 Å². The maximum atomic E-state index is 5.63. The highest BCUT2D eigenvalue weighted by Gasteiger charge is 2.21. The van der Waals surface area contributed by atoms with Gasteiger partial charge in [-0.3, -0.25) is 0 Å². The number of methoxy groups -OCH3 is 1. The summed E-state index contributed by atoms with van der Waals surface area (Å²) < 4.78 is 5.08. The van der Waals surface area contributed by atoms with E-state index in [4.69, 9.17) is 10.5 Å². The largest absolute Gasteiger partial charge is 0.481 e. The van der Waals surface area contributed by atoms with Crippen LogP contribution < -0.4 is 15.8 Å². The molecule has 18 heavy (non-hydrogen) atoms. The lowest BCUT2D eigenvalue weighted by molar-refractivity contribution is 0.268. The number of nitrogen functional groups attached to an aromatic ring is 1. The molecule has 1 heterocycles. The van der Waals surface area contributed by atoms with Gasteiger partial charge in [0.15, 0.2) is 0 Å². The standard InChI is InChI=1S/C13H22N4O/c1-9-5-3-4-6-10(9)8-15-11-7-12(18-2)17-13(14)16-11/h7,9-10H,3-6,8H2,1-2H3,(H3,14,15,16,17). The molecule has 0 aromatic carbocycles. The molecule has 5 heteroatoms. The van der Waals surface area contributed by atoms with Gasteiger partial charge in [0.25, 0.3) is 0 Å². The lowest BCUT2D eigenvalue weighted by Gasteiger charge is -2.28. The molecular formula is C13H22N4O. The molecule has 0 bridgehead atoms. The Morgan fingerprint density at radius 2 is 2.17 bits per heavy atom. The van der Waals surface area contributed by atoms with Crippen molar-refractivity contribution in [1.29, 1.82) is 0 Å². The molecule has 0 amide bonds. The van der Waals surface area contributed by atoms with Gasteiger partial charge in [0.05, 0.1) is 7.11 Å². The molecule has 1 fully saturated rings. The Kier molecular flexibility index (Phi) is 4.23. The summed E-state index contributed by atoms with van der Waals surface area (Å²) in [7, 11) is 1.58. The highest BCUT2D eigenvalue weighted by atomic mass is 16.5. The van der Waals surface area contributed by atoms with E-state index in [2.05, 4.69) is 22.2 Å². The lowest BCUT2D eigenvalue weighted by atomic mass is 9.80. The van der Waals surface area contributed by atoms with Gasteiger partial charge in [-0.05, 0) is 18.3 Å². The smallest absolute Gasteiger partial charge is 0.225 e. The quantitative estimate of drug-likeness (QED) is 0.857. The second kappa shape index (κ2) is 5.89. The molecule has 3 N–H and O–H groups in total. The molecule has 2 rings (SSSR count). The van der Waals surface area contributed by atoms with E-state index in [1.807, 2.05) is 0 Å². The topological polar surface area (TPSA) is 73.1 Å². The van der Waals surface area contributed by atoms with E-state index in [0.717, 1.165) is 24.2 Å². The second-order valence-electron chi connectivity index (χ2n) is 5.06.